The molecule has 23 heavy (non-hydrogen) atoms. The monoisotopic (exact) mass is 384 g/mol. The fraction of sp³-hybridized carbons (Fsp3) is 0.583. The van der Waals surface area contributed by atoms with Crippen molar-refractivity contribution in [3.8, 4) is 0 Å². The minimum atomic E-state index is -3.70. The molecule has 0 unspecified atom stereocenters. The summed E-state index contributed by atoms with van der Waals surface area (Å²) in [5.74, 6) is -0.253. The zero-order valence-electron chi connectivity index (χ0n) is 12.8. The first-order valence-corrected chi connectivity index (χ1v) is 9.28. The van der Waals surface area contributed by atoms with Crippen molar-refractivity contribution in [2.45, 2.75) is 19.0 Å². The van der Waals surface area contributed by atoms with E-state index >= 15 is 0 Å². The molecule has 0 bridgehead atoms. The highest BCUT2D eigenvalue weighted by Crippen LogP contribution is 2.09. The number of carbonyl (C=O) groups excluding carboxylic acids is 1. The van der Waals surface area contributed by atoms with E-state index < -0.39 is 21.0 Å². The number of ether oxygens (including phenoxy) is 1. The second-order valence-corrected chi connectivity index (χ2v) is 7.05. The van der Waals surface area contributed by atoms with Gasteiger partial charge in [0.2, 0.25) is 9.84 Å². The van der Waals surface area contributed by atoms with Gasteiger partial charge in [-0.15, -0.1) is 5.10 Å². The van der Waals surface area contributed by atoms with Gasteiger partial charge in [0.15, 0.2) is 0 Å². The molecule has 1 heterocycles. The van der Waals surface area contributed by atoms with Crippen LogP contribution in [0.15, 0.2) is 22.1 Å². The first-order chi connectivity index (χ1) is 10.9. The van der Waals surface area contributed by atoms with Gasteiger partial charge in [-0.1, -0.05) is 23.2 Å². The normalized spacial score (nSPS) is 12.4. The second-order valence-electron chi connectivity index (χ2n) is 4.34. The fourth-order valence-corrected chi connectivity index (χ4v) is 2.72. The molecule has 0 radical (unpaired) electrons. The van der Waals surface area contributed by atoms with E-state index in [0.717, 1.165) is 16.5 Å². The number of halogens is 2. The van der Waals surface area contributed by atoms with Crippen LogP contribution < -0.4 is 0 Å². The summed E-state index contributed by atoms with van der Waals surface area (Å²) < 4.78 is 29.9. The van der Waals surface area contributed by atoms with Gasteiger partial charge in [-0.3, -0.25) is 0 Å². The van der Waals surface area contributed by atoms with Crippen LogP contribution in [0.4, 0.5) is 4.79 Å². The Morgan fingerprint density at radius 2 is 2.17 bits per heavy atom. The third kappa shape index (κ3) is 5.76. The van der Waals surface area contributed by atoms with Gasteiger partial charge in [0, 0.05) is 23.7 Å². The number of carbonyl (C=O) groups is 1. The number of hydrogen-bond acceptors (Lipinski definition) is 6. The summed E-state index contributed by atoms with van der Waals surface area (Å²) in [6, 6.07) is -0.553. The minimum Gasteiger partial charge on any atom is -0.381 e. The molecule has 1 aromatic rings. The van der Waals surface area contributed by atoms with E-state index in [1.807, 2.05) is 0 Å². The lowest BCUT2D eigenvalue weighted by molar-refractivity contribution is 0.163. The largest absolute Gasteiger partial charge is 0.381 e. The SMILES string of the molecule is CCOCCS(=O)(=O)c1ncn(C(=O)N(CC)C/C(Cl)=C/Cl)n1. The lowest BCUT2D eigenvalue weighted by Gasteiger charge is -2.19. The number of aromatic nitrogens is 3. The zero-order chi connectivity index (χ0) is 17.5. The van der Waals surface area contributed by atoms with Crippen molar-refractivity contribution < 1.29 is 17.9 Å². The van der Waals surface area contributed by atoms with Crippen molar-refractivity contribution in [2.75, 3.05) is 32.1 Å². The van der Waals surface area contributed by atoms with Crippen molar-refractivity contribution in [3.05, 3.63) is 16.9 Å². The molecule has 0 aliphatic heterocycles. The Balaban J connectivity index is 2.87. The number of rotatable bonds is 8. The molecule has 0 aliphatic rings. The molecule has 1 aromatic heterocycles. The first kappa shape index (κ1) is 19.9. The molecule has 0 fully saturated rings. The van der Waals surface area contributed by atoms with E-state index in [-0.39, 0.29) is 23.9 Å². The summed E-state index contributed by atoms with van der Waals surface area (Å²) in [5, 5.41) is 3.59. The van der Waals surface area contributed by atoms with Crippen molar-refractivity contribution in [1.82, 2.24) is 19.7 Å². The Bertz CT molecular complexity index is 660. The van der Waals surface area contributed by atoms with Crippen molar-refractivity contribution >= 4 is 39.1 Å². The molecular weight excluding hydrogens is 367 g/mol. The number of amides is 1. The van der Waals surface area contributed by atoms with Gasteiger partial charge in [0.25, 0.3) is 5.16 Å². The molecular formula is C12H18Cl2N4O4S. The van der Waals surface area contributed by atoms with E-state index in [2.05, 4.69) is 10.1 Å². The molecule has 1 amide bonds. The molecule has 8 nitrogen and oxygen atoms in total. The topological polar surface area (TPSA) is 94.4 Å². The number of hydrogen-bond donors (Lipinski definition) is 0. The molecule has 0 saturated heterocycles. The van der Waals surface area contributed by atoms with Gasteiger partial charge in [-0.25, -0.2) is 18.2 Å². The third-order valence-corrected chi connectivity index (χ3v) is 4.81. The van der Waals surface area contributed by atoms with Crippen molar-refractivity contribution in [3.63, 3.8) is 0 Å². The molecule has 0 aromatic carbocycles. The standard InChI is InChI=1S/C12H18Cl2N4O4S/c1-3-17(8-10(14)7-13)12(19)18-9-15-11(16-18)23(20,21)6-5-22-4-2/h7,9H,3-6,8H2,1-2H3/b10-7-. The van der Waals surface area contributed by atoms with Crippen molar-refractivity contribution in [2.24, 2.45) is 0 Å². The van der Waals surface area contributed by atoms with Crippen LogP contribution in [0.3, 0.4) is 0 Å². The number of nitrogens with zero attached hydrogens (tertiary/aromatic N) is 4. The maximum atomic E-state index is 12.3. The maximum absolute atomic E-state index is 12.3. The van der Waals surface area contributed by atoms with Gasteiger partial charge in [0.1, 0.15) is 6.33 Å². The van der Waals surface area contributed by atoms with E-state index in [1.165, 1.54) is 4.90 Å². The van der Waals surface area contributed by atoms with Crippen LogP contribution in [-0.4, -0.2) is 66.2 Å². The molecule has 0 saturated carbocycles. The molecule has 0 N–H and O–H groups in total. The predicted octanol–water partition coefficient (Wildman–Crippen LogP) is 1.70. The molecule has 11 heteroatoms. The Hall–Kier alpha value is -1.16. The Labute approximate surface area is 144 Å². The molecule has 1 rings (SSSR count). The average Bonchev–Trinajstić information content (AvgIpc) is 3.02. The summed E-state index contributed by atoms with van der Waals surface area (Å²) in [4.78, 5) is 17.3. The fourth-order valence-electron chi connectivity index (χ4n) is 1.56. The van der Waals surface area contributed by atoms with Crippen LogP contribution in [0.1, 0.15) is 13.8 Å². The summed E-state index contributed by atoms with van der Waals surface area (Å²) in [7, 11) is -3.70. The predicted molar refractivity (Wildman–Crippen MR) is 86.4 cm³/mol. The van der Waals surface area contributed by atoms with E-state index in [1.54, 1.807) is 13.8 Å². The summed E-state index contributed by atoms with van der Waals surface area (Å²) in [6.07, 6.45) is 1.05. The highest BCUT2D eigenvalue weighted by atomic mass is 35.5. The lowest BCUT2D eigenvalue weighted by Crippen LogP contribution is -2.36. The lowest BCUT2D eigenvalue weighted by atomic mass is 10.5. The van der Waals surface area contributed by atoms with Crippen LogP contribution in [0.5, 0.6) is 0 Å². The van der Waals surface area contributed by atoms with Gasteiger partial charge in [0.05, 0.1) is 18.9 Å². The van der Waals surface area contributed by atoms with E-state index in [9.17, 15) is 13.2 Å². The van der Waals surface area contributed by atoms with Crippen LogP contribution in [-0.2, 0) is 14.6 Å². The van der Waals surface area contributed by atoms with Gasteiger partial charge >= 0.3 is 6.03 Å². The number of sulfone groups is 1. The van der Waals surface area contributed by atoms with Crippen LogP contribution >= 0.6 is 23.2 Å². The smallest absolute Gasteiger partial charge is 0.346 e. The minimum absolute atomic E-state index is 0.0402. The van der Waals surface area contributed by atoms with Crippen LogP contribution in [0.2, 0.25) is 0 Å². The van der Waals surface area contributed by atoms with Crippen molar-refractivity contribution in [1.29, 1.82) is 0 Å². The quantitative estimate of drug-likeness (QED) is 0.633. The Kier molecular flexibility index (Phi) is 7.97. The van der Waals surface area contributed by atoms with E-state index in [0.29, 0.717) is 13.2 Å². The molecule has 0 spiro atoms. The third-order valence-electron chi connectivity index (χ3n) is 2.76. The van der Waals surface area contributed by atoms with Crippen LogP contribution in [0, 0.1) is 0 Å². The maximum Gasteiger partial charge on any atom is 0.346 e. The van der Waals surface area contributed by atoms with Crippen LogP contribution in [0.25, 0.3) is 0 Å². The summed E-state index contributed by atoms with van der Waals surface area (Å²) in [5.41, 5.74) is 1.16. The Morgan fingerprint density at radius 3 is 2.74 bits per heavy atom. The summed E-state index contributed by atoms with van der Waals surface area (Å²) >= 11 is 11.3. The summed E-state index contributed by atoms with van der Waals surface area (Å²) in [6.45, 7) is 4.39. The molecule has 130 valence electrons. The number of likely N-dealkylation sites (N-methyl/N-ethyl adjacent to an activating group) is 1. The highest BCUT2D eigenvalue weighted by Gasteiger charge is 2.23. The van der Waals surface area contributed by atoms with Gasteiger partial charge in [-0.2, -0.15) is 4.68 Å². The van der Waals surface area contributed by atoms with Gasteiger partial charge < -0.3 is 9.64 Å². The first-order valence-electron chi connectivity index (χ1n) is 6.81. The highest BCUT2D eigenvalue weighted by molar-refractivity contribution is 7.91. The molecule has 0 aliphatic carbocycles. The van der Waals surface area contributed by atoms with Gasteiger partial charge in [-0.05, 0) is 13.8 Å². The Morgan fingerprint density at radius 1 is 1.48 bits per heavy atom. The average molecular weight is 385 g/mol. The van der Waals surface area contributed by atoms with E-state index in [4.69, 9.17) is 27.9 Å². The second kappa shape index (κ2) is 9.21. The molecule has 0 atom stereocenters. The zero-order valence-corrected chi connectivity index (χ0v) is 15.1.